The van der Waals surface area contributed by atoms with Crippen molar-refractivity contribution in [1.82, 2.24) is 10.4 Å². The summed E-state index contributed by atoms with van der Waals surface area (Å²) in [4.78, 5) is 51.2. The molecule has 9 nitrogen and oxygen atoms in total. The molecule has 1 fully saturated rings. The van der Waals surface area contributed by atoms with Crippen molar-refractivity contribution in [2.45, 2.75) is 45.8 Å². The van der Waals surface area contributed by atoms with Gasteiger partial charge in [-0.1, -0.05) is 0 Å². The minimum atomic E-state index is -1.21. The molecule has 9 heteroatoms. The van der Waals surface area contributed by atoms with E-state index < -0.39 is 41.3 Å². The van der Waals surface area contributed by atoms with Gasteiger partial charge < -0.3 is 15.5 Å². The van der Waals surface area contributed by atoms with Gasteiger partial charge >= 0.3 is 11.9 Å². The summed E-state index contributed by atoms with van der Waals surface area (Å²) in [5, 5.41) is 22.2. The lowest BCUT2D eigenvalue weighted by Gasteiger charge is -2.36. The van der Waals surface area contributed by atoms with Crippen molar-refractivity contribution < 1.29 is 34.2 Å². The van der Waals surface area contributed by atoms with Crippen LogP contribution in [-0.2, 0) is 24.0 Å². The van der Waals surface area contributed by atoms with Gasteiger partial charge in [-0.05, 0) is 27.2 Å². The quantitative estimate of drug-likeness (QED) is 0.440. The fraction of sp³-hybridized carbons (Fsp3) is 0.733. The zero-order valence-corrected chi connectivity index (χ0v) is 14.2. The Morgan fingerprint density at radius 2 is 1.75 bits per heavy atom. The molecule has 0 aromatic heterocycles. The average Bonchev–Trinajstić information content (AvgIpc) is 2.81. The van der Waals surface area contributed by atoms with E-state index in [4.69, 9.17) is 4.84 Å². The summed E-state index contributed by atoms with van der Waals surface area (Å²) in [6.45, 7) is 6.28. The van der Waals surface area contributed by atoms with Gasteiger partial charge in [0.1, 0.15) is 0 Å². The second kappa shape index (κ2) is 7.61. The van der Waals surface area contributed by atoms with Crippen LogP contribution in [0.2, 0.25) is 0 Å². The van der Waals surface area contributed by atoms with E-state index in [-0.39, 0.29) is 18.9 Å². The molecule has 24 heavy (non-hydrogen) atoms. The third-order valence-corrected chi connectivity index (χ3v) is 3.87. The first-order valence-corrected chi connectivity index (χ1v) is 7.60. The maximum absolute atomic E-state index is 11.6. The van der Waals surface area contributed by atoms with Crippen LogP contribution in [0.25, 0.3) is 0 Å². The van der Waals surface area contributed by atoms with Crippen LogP contribution in [0.15, 0.2) is 0 Å². The number of nitrogens with one attached hydrogen (secondary N) is 1. The van der Waals surface area contributed by atoms with Gasteiger partial charge in [0.15, 0.2) is 0 Å². The lowest BCUT2D eigenvalue weighted by Crippen LogP contribution is -2.50. The molecule has 0 aromatic carbocycles. The molecule has 1 saturated carbocycles. The molecule has 1 aliphatic carbocycles. The molecule has 0 aromatic rings. The van der Waals surface area contributed by atoms with Gasteiger partial charge in [0.25, 0.3) is 0 Å². The van der Waals surface area contributed by atoms with E-state index in [0.29, 0.717) is 6.41 Å². The first-order chi connectivity index (χ1) is 11.0. The molecule has 4 atom stereocenters. The van der Waals surface area contributed by atoms with E-state index in [2.05, 4.69) is 5.32 Å². The summed E-state index contributed by atoms with van der Waals surface area (Å²) >= 11 is 0. The van der Waals surface area contributed by atoms with Gasteiger partial charge in [0.05, 0.1) is 23.5 Å². The first-order valence-electron chi connectivity index (χ1n) is 7.60. The van der Waals surface area contributed by atoms with Crippen molar-refractivity contribution in [3.63, 3.8) is 0 Å². The Balaban J connectivity index is 3.21. The Bertz CT molecular complexity index is 514. The molecule has 0 aliphatic heterocycles. The predicted molar refractivity (Wildman–Crippen MR) is 81.6 cm³/mol. The van der Waals surface area contributed by atoms with Crippen LogP contribution >= 0.6 is 0 Å². The van der Waals surface area contributed by atoms with Gasteiger partial charge in [-0.2, -0.15) is 0 Å². The second-order valence-corrected chi connectivity index (χ2v) is 6.89. The van der Waals surface area contributed by atoms with E-state index in [1.165, 1.54) is 6.92 Å². The van der Waals surface area contributed by atoms with E-state index >= 15 is 0 Å². The van der Waals surface area contributed by atoms with E-state index in [0.717, 1.165) is 5.06 Å². The van der Waals surface area contributed by atoms with Crippen LogP contribution in [0.3, 0.4) is 0 Å². The zero-order valence-electron chi connectivity index (χ0n) is 14.2. The lowest BCUT2D eigenvalue weighted by atomic mass is 9.92. The maximum atomic E-state index is 11.6. The molecule has 1 aliphatic rings. The van der Waals surface area contributed by atoms with Crippen molar-refractivity contribution in [3.8, 4) is 0 Å². The van der Waals surface area contributed by atoms with Crippen LogP contribution in [0, 0.1) is 17.8 Å². The Morgan fingerprint density at radius 1 is 1.21 bits per heavy atom. The highest BCUT2D eigenvalue weighted by Crippen LogP contribution is 2.40. The number of carbonyl (C=O) groups is 4. The van der Waals surface area contributed by atoms with Crippen molar-refractivity contribution in [2.75, 3.05) is 6.54 Å². The highest BCUT2D eigenvalue weighted by molar-refractivity contribution is 5.77. The monoisotopic (exact) mass is 344 g/mol. The van der Waals surface area contributed by atoms with Crippen molar-refractivity contribution in [2.24, 2.45) is 17.8 Å². The van der Waals surface area contributed by atoms with E-state index in [9.17, 15) is 29.4 Å². The predicted octanol–water partition coefficient (Wildman–Crippen LogP) is 0.101. The van der Waals surface area contributed by atoms with Gasteiger partial charge in [0, 0.05) is 19.4 Å². The number of hydrogen-bond acceptors (Lipinski definition) is 5. The molecule has 0 heterocycles. The number of hydrogen-bond donors (Lipinski definition) is 3. The van der Waals surface area contributed by atoms with Crippen LogP contribution in [0.4, 0.5) is 0 Å². The molecule has 136 valence electrons. The summed E-state index contributed by atoms with van der Waals surface area (Å²) in [5.74, 6) is -5.63. The van der Waals surface area contributed by atoms with Crippen LogP contribution in [0.1, 0.15) is 34.1 Å². The van der Waals surface area contributed by atoms with E-state index in [1.54, 1.807) is 20.8 Å². The van der Waals surface area contributed by atoms with Crippen molar-refractivity contribution in [3.05, 3.63) is 0 Å². The molecule has 0 radical (unpaired) electrons. The summed E-state index contributed by atoms with van der Waals surface area (Å²) in [7, 11) is 0. The topological polar surface area (TPSA) is 133 Å². The largest absolute Gasteiger partial charge is 0.481 e. The number of hydroxylamine groups is 2. The molecular weight excluding hydrogens is 320 g/mol. The summed E-state index contributed by atoms with van der Waals surface area (Å²) in [6, 6.07) is -0.993. The fourth-order valence-corrected chi connectivity index (χ4v) is 3.01. The van der Waals surface area contributed by atoms with Gasteiger partial charge in [-0.15, -0.1) is 0 Å². The highest BCUT2D eigenvalue weighted by Gasteiger charge is 2.53. The lowest BCUT2D eigenvalue weighted by molar-refractivity contribution is -0.242. The zero-order chi connectivity index (χ0) is 18.7. The normalized spacial score (nSPS) is 26.7. The SMILES string of the molecule is CC(=O)NC[C@@H]1[C@H](N(C=O)OC(C)(C)C)[C@@H](C(=O)O)C[C@H]1C(=O)O. The number of amides is 2. The number of carbonyl (C=O) groups excluding carboxylic acids is 2. The first kappa shape index (κ1) is 19.9. The van der Waals surface area contributed by atoms with Crippen molar-refractivity contribution in [1.29, 1.82) is 0 Å². The smallest absolute Gasteiger partial charge is 0.308 e. The summed E-state index contributed by atoms with van der Waals surface area (Å²) in [6.07, 6.45) is 0.217. The highest BCUT2D eigenvalue weighted by atomic mass is 16.7. The average molecular weight is 344 g/mol. The summed E-state index contributed by atoms with van der Waals surface area (Å²) < 4.78 is 0. The van der Waals surface area contributed by atoms with Crippen LogP contribution in [0.5, 0.6) is 0 Å². The second-order valence-electron chi connectivity index (χ2n) is 6.89. The Kier molecular flexibility index (Phi) is 6.30. The third kappa shape index (κ3) is 4.92. The minimum Gasteiger partial charge on any atom is -0.481 e. The minimum absolute atomic E-state index is 0.0570. The fourth-order valence-electron chi connectivity index (χ4n) is 3.01. The molecular formula is C15H24N2O7. The van der Waals surface area contributed by atoms with Crippen LogP contribution < -0.4 is 5.32 Å². The van der Waals surface area contributed by atoms with Gasteiger partial charge in [-0.3, -0.25) is 24.0 Å². The number of rotatable bonds is 7. The third-order valence-electron chi connectivity index (χ3n) is 3.87. The summed E-state index contributed by atoms with van der Waals surface area (Å²) in [5.41, 5.74) is -0.774. The molecule has 0 saturated heterocycles. The molecule has 0 bridgehead atoms. The van der Waals surface area contributed by atoms with Crippen LogP contribution in [-0.4, -0.2) is 57.7 Å². The molecule has 3 N–H and O–H groups in total. The molecule has 2 amide bonds. The van der Waals surface area contributed by atoms with E-state index in [1.807, 2.05) is 0 Å². The Hall–Kier alpha value is -2.16. The van der Waals surface area contributed by atoms with Gasteiger partial charge in [-0.25, -0.2) is 5.06 Å². The number of aliphatic carboxylic acids is 2. The number of carboxylic acid groups (broad SMARTS) is 2. The van der Waals surface area contributed by atoms with Gasteiger partial charge in [0.2, 0.25) is 12.3 Å². The number of nitrogens with zero attached hydrogens (tertiary/aromatic N) is 1. The number of carboxylic acids is 2. The Labute approximate surface area is 139 Å². The molecule has 1 rings (SSSR count). The molecule has 0 unspecified atom stereocenters. The maximum Gasteiger partial charge on any atom is 0.308 e. The van der Waals surface area contributed by atoms with Crippen molar-refractivity contribution >= 4 is 24.3 Å². The standard InChI is InChI=1S/C15H24N2O7/c1-8(19)16-6-11-9(13(20)21)5-10(14(22)23)12(11)17(7-18)24-15(2,3)4/h7,9-12H,5-6H2,1-4H3,(H,16,19)(H,20,21)(H,22,23)/t9-,10+,11+,12-/m1/s1. The molecule has 0 spiro atoms. The Morgan fingerprint density at radius 3 is 2.12 bits per heavy atom.